The molecule has 0 N–H and O–H groups in total. The van der Waals surface area contributed by atoms with Crippen LogP contribution in [-0.4, -0.2) is 52.2 Å². The Kier molecular flexibility index (Phi) is 7.26. The van der Waals surface area contributed by atoms with E-state index in [1.807, 2.05) is 0 Å². The lowest BCUT2D eigenvalue weighted by Gasteiger charge is -2.15. The summed E-state index contributed by atoms with van der Waals surface area (Å²) in [6, 6.07) is 6.81. The van der Waals surface area contributed by atoms with Crippen LogP contribution in [0.3, 0.4) is 0 Å². The summed E-state index contributed by atoms with van der Waals surface area (Å²) in [6.07, 6.45) is 3.06. The van der Waals surface area contributed by atoms with E-state index in [0.717, 1.165) is 0 Å². The van der Waals surface area contributed by atoms with E-state index < -0.39 is 0 Å². The number of benzene rings is 2. The molecule has 0 radical (unpaired) electrons. The van der Waals surface area contributed by atoms with E-state index in [0.29, 0.717) is 56.1 Å². The SMILES string of the molecule is COc1c(C(C)=O)c(OCCOCCOc2cc3occc3c(OC)c2C(C)=O)cc2occc12. The minimum atomic E-state index is -0.181. The number of carbonyl (C=O) groups excluding carboxylic acids is 2. The Labute approximate surface area is 201 Å². The highest BCUT2D eigenvalue weighted by atomic mass is 16.5. The highest BCUT2D eigenvalue weighted by Gasteiger charge is 2.22. The first-order valence-corrected chi connectivity index (χ1v) is 11.0. The molecule has 0 unspecified atom stereocenters. The third-order valence-corrected chi connectivity index (χ3v) is 5.43. The average molecular weight is 482 g/mol. The van der Waals surface area contributed by atoms with Gasteiger partial charge < -0.3 is 32.5 Å². The number of carbonyl (C=O) groups is 2. The molecule has 2 aromatic carbocycles. The largest absolute Gasteiger partial charge is 0.495 e. The molecular formula is C26H26O9. The summed E-state index contributed by atoms with van der Waals surface area (Å²) in [5, 5.41) is 1.40. The second-order valence-electron chi connectivity index (χ2n) is 7.65. The van der Waals surface area contributed by atoms with E-state index in [2.05, 4.69) is 0 Å². The van der Waals surface area contributed by atoms with Crippen molar-refractivity contribution in [3.05, 3.63) is 47.9 Å². The normalized spacial score (nSPS) is 11.1. The molecule has 0 aliphatic rings. The van der Waals surface area contributed by atoms with Crippen LogP contribution in [0, 0.1) is 0 Å². The van der Waals surface area contributed by atoms with Gasteiger partial charge in [0.1, 0.15) is 58.5 Å². The van der Waals surface area contributed by atoms with Crippen LogP contribution >= 0.6 is 0 Å². The van der Waals surface area contributed by atoms with Crippen molar-refractivity contribution >= 4 is 33.5 Å². The monoisotopic (exact) mass is 482 g/mol. The van der Waals surface area contributed by atoms with Gasteiger partial charge in [-0.3, -0.25) is 9.59 Å². The molecule has 2 heterocycles. The zero-order valence-corrected chi connectivity index (χ0v) is 20.0. The smallest absolute Gasteiger partial charge is 0.167 e. The van der Waals surface area contributed by atoms with Crippen LogP contribution in [-0.2, 0) is 4.74 Å². The van der Waals surface area contributed by atoms with Gasteiger partial charge in [-0.15, -0.1) is 0 Å². The number of rotatable bonds is 12. The molecule has 0 fully saturated rings. The molecule has 0 aliphatic heterocycles. The summed E-state index contributed by atoms with van der Waals surface area (Å²) in [7, 11) is 3.00. The summed E-state index contributed by atoms with van der Waals surface area (Å²) in [5.41, 5.74) is 1.82. The molecule has 35 heavy (non-hydrogen) atoms. The van der Waals surface area contributed by atoms with Crippen molar-refractivity contribution in [2.45, 2.75) is 13.8 Å². The second-order valence-corrected chi connectivity index (χ2v) is 7.65. The number of ketones is 2. The number of fused-ring (bicyclic) bond motifs is 2. The first-order chi connectivity index (χ1) is 17.0. The van der Waals surface area contributed by atoms with Gasteiger partial charge in [0, 0.05) is 12.1 Å². The van der Waals surface area contributed by atoms with Crippen molar-refractivity contribution in [3.8, 4) is 23.0 Å². The van der Waals surface area contributed by atoms with Gasteiger partial charge in [-0.25, -0.2) is 0 Å². The van der Waals surface area contributed by atoms with Crippen molar-refractivity contribution in [3.63, 3.8) is 0 Å². The van der Waals surface area contributed by atoms with Crippen LogP contribution in [0.1, 0.15) is 34.6 Å². The van der Waals surface area contributed by atoms with Crippen LogP contribution in [0.5, 0.6) is 23.0 Å². The molecule has 0 spiro atoms. The number of furan rings is 2. The zero-order chi connectivity index (χ0) is 24.9. The second kappa shape index (κ2) is 10.5. The third-order valence-electron chi connectivity index (χ3n) is 5.43. The molecule has 184 valence electrons. The Balaban J connectivity index is 1.34. The maximum absolute atomic E-state index is 12.2. The first-order valence-electron chi connectivity index (χ1n) is 11.0. The number of ether oxygens (including phenoxy) is 5. The minimum absolute atomic E-state index is 0.181. The predicted octanol–water partition coefficient (Wildman–Crippen LogP) is 5.08. The Bertz CT molecular complexity index is 1260. The average Bonchev–Trinajstić information content (AvgIpc) is 3.50. The van der Waals surface area contributed by atoms with Crippen molar-refractivity contribution in [2.75, 3.05) is 40.6 Å². The number of hydrogen-bond donors (Lipinski definition) is 0. The Hall–Kier alpha value is -3.98. The lowest BCUT2D eigenvalue weighted by Crippen LogP contribution is -2.14. The maximum Gasteiger partial charge on any atom is 0.167 e. The Morgan fingerprint density at radius 1 is 0.714 bits per heavy atom. The molecule has 9 heteroatoms. The predicted molar refractivity (Wildman–Crippen MR) is 127 cm³/mol. The van der Waals surface area contributed by atoms with Gasteiger partial charge in [0.05, 0.1) is 50.7 Å². The molecule has 0 saturated heterocycles. The molecule has 0 bridgehead atoms. The maximum atomic E-state index is 12.2. The van der Waals surface area contributed by atoms with Crippen LogP contribution in [0.25, 0.3) is 21.9 Å². The van der Waals surface area contributed by atoms with Gasteiger partial charge in [-0.05, 0) is 26.0 Å². The summed E-state index contributed by atoms with van der Waals surface area (Å²) >= 11 is 0. The number of Topliss-reactive ketones (excluding diaryl/α,β-unsaturated/α-hetero) is 2. The summed E-state index contributed by atoms with van der Waals surface area (Å²) in [4.78, 5) is 24.5. The molecule has 0 amide bonds. The quantitative estimate of drug-likeness (QED) is 0.202. The highest BCUT2D eigenvalue weighted by molar-refractivity contribution is 6.06. The minimum Gasteiger partial charge on any atom is -0.495 e. The van der Waals surface area contributed by atoms with Crippen LogP contribution in [0.4, 0.5) is 0 Å². The molecule has 2 aromatic heterocycles. The molecule has 4 rings (SSSR count). The van der Waals surface area contributed by atoms with Crippen molar-refractivity contribution in [1.82, 2.24) is 0 Å². The van der Waals surface area contributed by atoms with Gasteiger partial charge in [-0.1, -0.05) is 0 Å². The lowest BCUT2D eigenvalue weighted by atomic mass is 10.1. The van der Waals surface area contributed by atoms with Crippen LogP contribution < -0.4 is 18.9 Å². The number of methoxy groups -OCH3 is 2. The van der Waals surface area contributed by atoms with Crippen LogP contribution in [0.15, 0.2) is 45.6 Å². The van der Waals surface area contributed by atoms with Gasteiger partial charge in [0.15, 0.2) is 11.6 Å². The van der Waals surface area contributed by atoms with E-state index in [1.54, 1.807) is 24.3 Å². The van der Waals surface area contributed by atoms with E-state index in [9.17, 15) is 9.59 Å². The highest BCUT2D eigenvalue weighted by Crippen LogP contribution is 2.39. The molecular weight excluding hydrogens is 456 g/mol. The third kappa shape index (κ3) is 4.81. The number of hydrogen-bond acceptors (Lipinski definition) is 9. The molecule has 0 atom stereocenters. The lowest BCUT2D eigenvalue weighted by molar-refractivity contribution is 0.0752. The summed E-state index contributed by atoms with van der Waals surface area (Å²) < 4.78 is 39.0. The fraction of sp³-hybridized carbons (Fsp3) is 0.308. The summed E-state index contributed by atoms with van der Waals surface area (Å²) in [5.74, 6) is 1.19. The van der Waals surface area contributed by atoms with Gasteiger partial charge in [-0.2, -0.15) is 0 Å². The molecule has 0 aliphatic carbocycles. The fourth-order valence-corrected chi connectivity index (χ4v) is 3.96. The van der Waals surface area contributed by atoms with Crippen LogP contribution in [0.2, 0.25) is 0 Å². The molecule has 0 saturated carbocycles. The fourth-order valence-electron chi connectivity index (χ4n) is 3.96. The molecule has 4 aromatic rings. The Morgan fingerprint density at radius 2 is 1.14 bits per heavy atom. The van der Waals surface area contributed by atoms with Crippen molar-refractivity contribution < 1.29 is 42.1 Å². The first kappa shape index (κ1) is 24.2. The zero-order valence-electron chi connectivity index (χ0n) is 20.0. The van der Waals surface area contributed by atoms with Crippen molar-refractivity contribution in [2.24, 2.45) is 0 Å². The topological polar surface area (TPSA) is 107 Å². The van der Waals surface area contributed by atoms with Crippen molar-refractivity contribution in [1.29, 1.82) is 0 Å². The van der Waals surface area contributed by atoms with E-state index in [-0.39, 0.29) is 38.0 Å². The van der Waals surface area contributed by atoms with Gasteiger partial charge in [0.2, 0.25) is 0 Å². The van der Waals surface area contributed by atoms with E-state index in [1.165, 1.54) is 40.6 Å². The standard InChI is InChI=1S/C26H26O9/c1-15(27)23-21(13-19-17(5-7-32-19)25(23)29-3)34-11-9-31-10-12-35-22-14-20-18(6-8-33-20)26(30-4)24(22)16(2)28/h5-8,13-14H,9-12H2,1-4H3. The summed E-state index contributed by atoms with van der Waals surface area (Å²) in [6.45, 7) is 3.79. The van der Waals surface area contributed by atoms with E-state index in [4.69, 9.17) is 32.5 Å². The van der Waals surface area contributed by atoms with Gasteiger partial charge >= 0.3 is 0 Å². The molecule has 9 nitrogen and oxygen atoms in total. The van der Waals surface area contributed by atoms with E-state index >= 15 is 0 Å². The van der Waals surface area contributed by atoms with Gasteiger partial charge in [0.25, 0.3) is 0 Å². The Morgan fingerprint density at radius 3 is 1.51 bits per heavy atom.